The van der Waals surface area contributed by atoms with Crippen molar-refractivity contribution < 1.29 is 9.53 Å². The molecule has 2 saturated heterocycles. The first-order valence-corrected chi connectivity index (χ1v) is 7.75. The van der Waals surface area contributed by atoms with E-state index >= 15 is 0 Å². The number of likely N-dealkylation sites (tertiary alicyclic amines) is 1. The van der Waals surface area contributed by atoms with Crippen LogP contribution in [0.5, 0.6) is 0 Å². The summed E-state index contributed by atoms with van der Waals surface area (Å²) in [5, 5.41) is 0. The fourth-order valence-corrected chi connectivity index (χ4v) is 3.06. The molecule has 6 heteroatoms. The second-order valence-electron chi connectivity index (χ2n) is 6.07. The zero-order valence-corrected chi connectivity index (χ0v) is 13.2. The van der Waals surface area contributed by atoms with Crippen LogP contribution >= 0.6 is 12.2 Å². The van der Waals surface area contributed by atoms with Crippen LogP contribution in [0.3, 0.4) is 0 Å². The van der Waals surface area contributed by atoms with Crippen LogP contribution in [-0.4, -0.2) is 66.1 Å². The van der Waals surface area contributed by atoms with Crippen molar-refractivity contribution in [3.63, 3.8) is 0 Å². The third-order valence-corrected chi connectivity index (χ3v) is 5.22. The monoisotopic (exact) mass is 299 g/mol. The van der Waals surface area contributed by atoms with Crippen molar-refractivity contribution >= 4 is 23.1 Å². The molecule has 1 unspecified atom stereocenters. The highest BCUT2D eigenvalue weighted by Gasteiger charge is 2.36. The Morgan fingerprint density at radius 1 is 1.25 bits per heavy atom. The smallest absolute Gasteiger partial charge is 0.239 e. The van der Waals surface area contributed by atoms with Crippen LogP contribution in [0.1, 0.15) is 26.7 Å². The Morgan fingerprint density at radius 2 is 1.80 bits per heavy atom. The van der Waals surface area contributed by atoms with Gasteiger partial charge in [-0.3, -0.25) is 9.69 Å². The molecule has 2 heterocycles. The van der Waals surface area contributed by atoms with Crippen LogP contribution in [0.15, 0.2) is 0 Å². The third-order valence-electron chi connectivity index (χ3n) is 4.72. The number of ether oxygens (including phenoxy) is 1. The zero-order valence-electron chi connectivity index (χ0n) is 12.4. The minimum atomic E-state index is -0.0657. The molecule has 0 aromatic rings. The van der Waals surface area contributed by atoms with Crippen molar-refractivity contribution in [2.45, 2.75) is 32.7 Å². The normalized spacial score (nSPS) is 25.2. The number of nitrogens with zero attached hydrogens (tertiary/aromatic N) is 2. The van der Waals surface area contributed by atoms with Crippen molar-refractivity contribution in [2.24, 2.45) is 11.1 Å². The SMILES string of the molecule is CC(C(=O)N1CCOCC1)N1CCC(C)(C(N)=S)CC1. The van der Waals surface area contributed by atoms with E-state index in [4.69, 9.17) is 22.7 Å². The maximum atomic E-state index is 12.5. The molecule has 0 aromatic heterocycles. The van der Waals surface area contributed by atoms with Crippen LogP contribution in [0.4, 0.5) is 0 Å². The molecule has 0 saturated carbocycles. The van der Waals surface area contributed by atoms with E-state index in [1.807, 2.05) is 11.8 Å². The van der Waals surface area contributed by atoms with E-state index in [-0.39, 0.29) is 17.4 Å². The quantitative estimate of drug-likeness (QED) is 0.774. The van der Waals surface area contributed by atoms with Gasteiger partial charge in [0.15, 0.2) is 0 Å². The number of morpholine rings is 1. The van der Waals surface area contributed by atoms with Crippen molar-refractivity contribution in [1.82, 2.24) is 9.80 Å². The minimum Gasteiger partial charge on any atom is -0.393 e. The Kier molecular flexibility index (Phi) is 4.99. The van der Waals surface area contributed by atoms with Crippen molar-refractivity contribution in [2.75, 3.05) is 39.4 Å². The number of thiocarbonyl (C=S) groups is 1. The molecule has 5 nitrogen and oxygen atoms in total. The van der Waals surface area contributed by atoms with E-state index < -0.39 is 0 Å². The van der Waals surface area contributed by atoms with E-state index in [0.29, 0.717) is 31.3 Å². The van der Waals surface area contributed by atoms with Gasteiger partial charge in [0.25, 0.3) is 0 Å². The summed E-state index contributed by atoms with van der Waals surface area (Å²) in [6.45, 7) is 8.61. The van der Waals surface area contributed by atoms with Crippen LogP contribution in [0.25, 0.3) is 0 Å². The van der Waals surface area contributed by atoms with Gasteiger partial charge in [-0.05, 0) is 32.9 Å². The highest BCUT2D eigenvalue weighted by molar-refractivity contribution is 7.80. The van der Waals surface area contributed by atoms with Gasteiger partial charge < -0.3 is 15.4 Å². The van der Waals surface area contributed by atoms with Crippen LogP contribution in [0.2, 0.25) is 0 Å². The lowest BCUT2D eigenvalue weighted by Gasteiger charge is -2.42. The predicted molar refractivity (Wildman–Crippen MR) is 82.6 cm³/mol. The first-order chi connectivity index (χ1) is 9.44. The second-order valence-corrected chi connectivity index (χ2v) is 6.51. The van der Waals surface area contributed by atoms with Crippen LogP contribution < -0.4 is 5.73 Å². The van der Waals surface area contributed by atoms with Gasteiger partial charge in [-0.1, -0.05) is 19.1 Å². The molecular formula is C14H25N3O2S. The lowest BCUT2D eigenvalue weighted by atomic mass is 9.80. The van der Waals surface area contributed by atoms with Crippen molar-refractivity contribution in [3.05, 3.63) is 0 Å². The van der Waals surface area contributed by atoms with E-state index in [0.717, 1.165) is 25.9 Å². The Balaban J connectivity index is 1.89. The average molecular weight is 299 g/mol. The van der Waals surface area contributed by atoms with Gasteiger partial charge in [-0.25, -0.2) is 0 Å². The Labute approximate surface area is 126 Å². The number of piperidine rings is 1. The molecule has 2 rings (SSSR count). The number of hydrogen-bond donors (Lipinski definition) is 1. The summed E-state index contributed by atoms with van der Waals surface area (Å²) in [5.41, 5.74) is 5.78. The molecule has 1 atom stereocenters. The van der Waals surface area contributed by atoms with Gasteiger partial charge >= 0.3 is 0 Å². The highest BCUT2D eigenvalue weighted by Crippen LogP contribution is 2.32. The van der Waals surface area contributed by atoms with Gasteiger partial charge in [0.2, 0.25) is 5.91 Å². The maximum absolute atomic E-state index is 12.5. The largest absolute Gasteiger partial charge is 0.393 e. The molecule has 114 valence electrons. The second kappa shape index (κ2) is 6.37. The number of amides is 1. The fourth-order valence-electron chi connectivity index (χ4n) is 2.86. The standard InChI is InChI=1S/C14H25N3O2S/c1-11(12(18)17-7-9-19-10-8-17)16-5-3-14(2,4-6-16)13(15)20/h11H,3-10H2,1-2H3,(H2,15,20). The van der Waals surface area contributed by atoms with Gasteiger partial charge in [0.1, 0.15) is 0 Å². The van der Waals surface area contributed by atoms with E-state index in [9.17, 15) is 4.79 Å². The van der Waals surface area contributed by atoms with E-state index in [1.54, 1.807) is 0 Å². The molecule has 2 aliphatic heterocycles. The Bertz CT molecular complexity index is 375. The molecule has 2 fully saturated rings. The number of hydrogen-bond acceptors (Lipinski definition) is 4. The maximum Gasteiger partial charge on any atom is 0.239 e. The van der Waals surface area contributed by atoms with Gasteiger partial charge in [0.05, 0.1) is 24.2 Å². The molecular weight excluding hydrogens is 274 g/mol. The number of carbonyl (C=O) groups excluding carboxylic acids is 1. The van der Waals surface area contributed by atoms with E-state index in [1.165, 1.54) is 0 Å². The first kappa shape index (κ1) is 15.7. The summed E-state index contributed by atoms with van der Waals surface area (Å²) in [7, 11) is 0. The Morgan fingerprint density at radius 3 is 2.30 bits per heavy atom. The molecule has 2 aliphatic rings. The molecule has 20 heavy (non-hydrogen) atoms. The summed E-state index contributed by atoms with van der Waals surface area (Å²) in [6, 6.07) is -0.0657. The fraction of sp³-hybridized carbons (Fsp3) is 0.857. The first-order valence-electron chi connectivity index (χ1n) is 7.34. The Hall–Kier alpha value is -0.720. The van der Waals surface area contributed by atoms with Crippen molar-refractivity contribution in [3.8, 4) is 0 Å². The molecule has 0 aliphatic carbocycles. The molecule has 2 N–H and O–H groups in total. The summed E-state index contributed by atoms with van der Waals surface area (Å²) in [6.07, 6.45) is 1.87. The number of rotatable bonds is 3. The number of carbonyl (C=O) groups is 1. The minimum absolute atomic E-state index is 0.0481. The predicted octanol–water partition coefficient (Wildman–Crippen LogP) is 0.622. The van der Waals surface area contributed by atoms with E-state index in [2.05, 4.69) is 11.8 Å². The molecule has 1 amide bonds. The third kappa shape index (κ3) is 3.30. The number of nitrogens with two attached hydrogens (primary N) is 1. The summed E-state index contributed by atoms with van der Waals surface area (Å²) >= 11 is 5.16. The average Bonchev–Trinajstić information content (AvgIpc) is 2.47. The van der Waals surface area contributed by atoms with Gasteiger partial charge in [0, 0.05) is 18.5 Å². The summed E-state index contributed by atoms with van der Waals surface area (Å²) in [4.78, 5) is 17.2. The van der Waals surface area contributed by atoms with Crippen LogP contribution in [0, 0.1) is 5.41 Å². The summed E-state index contributed by atoms with van der Waals surface area (Å²) in [5.74, 6) is 0.215. The summed E-state index contributed by atoms with van der Waals surface area (Å²) < 4.78 is 5.29. The molecule has 0 radical (unpaired) electrons. The highest BCUT2D eigenvalue weighted by atomic mass is 32.1. The van der Waals surface area contributed by atoms with Gasteiger partial charge in [-0.2, -0.15) is 0 Å². The lowest BCUT2D eigenvalue weighted by molar-refractivity contribution is -0.141. The van der Waals surface area contributed by atoms with Gasteiger partial charge in [-0.15, -0.1) is 0 Å². The molecule has 0 bridgehead atoms. The lowest BCUT2D eigenvalue weighted by Crippen LogP contribution is -2.54. The molecule has 0 spiro atoms. The van der Waals surface area contributed by atoms with Crippen LogP contribution in [-0.2, 0) is 9.53 Å². The topological polar surface area (TPSA) is 58.8 Å². The molecule has 0 aromatic carbocycles. The van der Waals surface area contributed by atoms with Crippen molar-refractivity contribution in [1.29, 1.82) is 0 Å². The zero-order chi connectivity index (χ0) is 14.8.